The highest BCUT2D eigenvalue weighted by atomic mass is 35.5. The van der Waals surface area contributed by atoms with E-state index in [1.54, 1.807) is 30.3 Å². The average molecular weight is 562 g/mol. The standard InChI is InChI=1S/C27H27ClF3N5O3/c1-2-39-24-12-7-18(28)17-23(24)33-25(37)32-19-8-10-20(11-9-19)35-13-15-36(16-14-35)26(38)34-22-6-4-3-5-21(22)27(29,30)31/h3-12,17H,2,13-16H2,1H3,(H,34,38)(H2,32,33,37). The molecule has 1 heterocycles. The van der Waals surface area contributed by atoms with Gasteiger partial charge in [0.15, 0.2) is 0 Å². The third kappa shape index (κ3) is 7.26. The summed E-state index contributed by atoms with van der Waals surface area (Å²) in [6.45, 7) is 3.94. The average Bonchev–Trinajstić information content (AvgIpc) is 2.90. The number of ether oxygens (including phenoxy) is 1. The summed E-state index contributed by atoms with van der Waals surface area (Å²) in [6, 6.07) is 16.0. The minimum absolute atomic E-state index is 0.269. The number of nitrogens with zero attached hydrogens (tertiary/aromatic N) is 2. The van der Waals surface area contributed by atoms with Gasteiger partial charge in [-0.3, -0.25) is 0 Å². The number of rotatable bonds is 6. The summed E-state index contributed by atoms with van der Waals surface area (Å²) in [5.41, 5.74) is 0.743. The predicted molar refractivity (Wildman–Crippen MR) is 146 cm³/mol. The third-order valence-corrected chi connectivity index (χ3v) is 6.26. The molecule has 0 aliphatic carbocycles. The molecule has 206 valence electrons. The van der Waals surface area contributed by atoms with E-state index in [2.05, 4.69) is 20.9 Å². The van der Waals surface area contributed by atoms with Crippen LogP contribution in [0.15, 0.2) is 66.7 Å². The molecule has 3 N–H and O–H groups in total. The number of anilines is 4. The minimum atomic E-state index is -4.56. The van der Waals surface area contributed by atoms with Crippen LogP contribution in [-0.4, -0.2) is 49.7 Å². The van der Waals surface area contributed by atoms with Crippen LogP contribution in [0.25, 0.3) is 0 Å². The van der Waals surface area contributed by atoms with E-state index in [0.717, 1.165) is 11.8 Å². The minimum Gasteiger partial charge on any atom is -0.492 e. The van der Waals surface area contributed by atoms with Crippen LogP contribution in [0.1, 0.15) is 12.5 Å². The number of carbonyl (C=O) groups is 2. The lowest BCUT2D eigenvalue weighted by Gasteiger charge is -2.36. The van der Waals surface area contributed by atoms with E-state index in [-0.39, 0.29) is 5.69 Å². The van der Waals surface area contributed by atoms with Gasteiger partial charge in [-0.1, -0.05) is 23.7 Å². The normalized spacial score (nSPS) is 13.6. The van der Waals surface area contributed by atoms with E-state index in [4.69, 9.17) is 16.3 Å². The number of nitrogens with one attached hydrogen (secondary N) is 3. The van der Waals surface area contributed by atoms with Gasteiger partial charge in [0.2, 0.25) is 0 Å². The van der Waals surface area contributed by atoms with Gasteiger partial charge in [-0.2, -0.15) is 13.2 Å². The molecule has 8 nitrogen and oxygen atoms in total. The van der Waals surface area contributed by atoms with Gasteiger partial charge in [-0.25, -0.2) is 9.59 Å². The second-order valence-corrected chi connectivity index (χ2v) is 9.08. The monoisotopic (exact) mass is 561 g/mol. The van der Waals surface area contributed by atoms with Crippen molar-refractivity contribution in [2.24, 2.45) is 0 Å². The van der Waals surface area contributed by atoms with E-state index in [1.165, 1.54) is 23.1 Å². The molecule has 0 saturated carbocycles. The molecule has 1 fully saturated rings. The molecule has 4 rings (SSSR count). The van der Waals surface area contributed by atoms with E-state index >= 15 is 0 Å². The molecule has 4 amide bonds. The molecule has 0 aromatic heterocycles. The van der Waals surface area contributed by atoms with Gasteiger partial charge in [0.25, 0.3) is 0 Å². The Kier molecular flexibility index (Phi) is 8.70. The number of alkyl halides is 3. The summed E-state index contributed by atoms with van der Waals surface area (Å²) in [5, 5.41) is 8.34. The molecule has 0 unspecified atom stereocenters. The van der Waals surface area contributed by atoms with Crippen molar-refractivity contribution in [2.45, 2.75) is 13.1 Å². The number of hydrogen-bond acceptors (Lipinski definition) is 4. The second kappa shape index (κ2) is 12.2. The van der Waals surface area contributed by atoms with Crippen molar-refractivity contribution in [1.29, 1.82) is 0 Å². The van der Waals surface area contributed by atoms with Crippen LogP contribution in [0.5, 0.6) is 5.75 Å². The molecular weight excluding hydrogens is 535 g/mol. The van der Waals surface area contributed by atoms with Crippen molar-refractivity contribution in [3.8, 4) is 5.75 Å². The molecule has 0 radical (unpaired) electrons. The Morgan fingerprint density at radius 2 is 1.59 bits per heavy atom. The lowest BCUT2D eigenvalue weighted by Crippen LogP contribution is -2.50. The highest BCUT2D eigenvalue weighted by Gasteiger charge is 2.34. The Morgan fingerprint density at radius 1 is 0.897 bits per heavy atom. The van der Waals surface area contributed by atoms with Crippen LogP contribution < -0.4 is 25.6 Å². The first kappa shape index (κ1) is 27.9. The number of amides is 4. The number of hydrogen-bond donors (Lipinski definition) is 3. The van der Waals surface area contributed by atoms with Crippen molar-refractivity contribution >= 4 is 46.4 Å². The van der Waals surface area contributed by atoms with Gasteiger partial charge >= 0.3 is 18.2 Å². The molecule has 39 heavy (non-hydrogen) atoms. The summed E-state index contributed by atoms with van der Waals surface area (Å²) in [5.74, 6) is 0.504. The maximum absolute atomic E-state index is 13.2. The topological polar surface area (TPSA) is 85.9 Å². The van der Waals surface area contributed by atoms with E-state index in [9.17, 15) is 22.8 Å². The lowest BCUT2D eigenvalue weighted by atomic mass is 10.1. The molecule has 0 spiro atoms. The van der Waals surface area contributed by atoms with Gasteiger partial charge in [0.1, 0.15) is 5.75 Å². The summed E-state index contributed by atoms with van der Waals surface area (Å²) in [6.07, 6.45) is -4.56. The molecule has 0 atom stereocenters. The second-order valence-electron chi connectivity index (χ2n) is 8.65. The maximum atomic E-state index is 13.2. The molecule has 3 aromatic carbocycles. The quantitative estimate of drug-likeness (QED) is 0.310. The van der Waals surface area contributed by atoms with Crippen LogP contribution in [0.4, 0.5) is 45.5 Å². The van der Waals surface area contributed by atoms with Gasteiger partial charge in [0.05, 0.1) is 23.5 Å². The van der Waals surface area contributed by atoms with Crippen LogP contribution in [0, 0.1) is 0 Å². The van der Waals surface area contributed by atoms with Crippen molar-refractivity contribution < 1.29 is 27.5 Å². The highest BCUT2D eigenvalue weighted by molar-refractivity contribution is 6.31. The predicted octanol–water partition coefficient (Wildman–Crippen LogP) is 6.76. The zero-order chi connectivity index (χ0) is 28.0. The number of benzene rings is 3. The third-order valence-electron chi connectivity index (χ3n) is 6.02. The van der Waals surface area contributed by atoms with Crippen LogP contribution in [0.3, 0.4) is 0 Å². The Bertz CT molecular complexity index is 1310. The smallest absolute Gasteiger partial charge is 0.418 e. The Hall–Kier alpha value is -4.12. The van der Waals surface area contributed by atoms with Crippen LogP contribution in [0.2, 0.25) is 5.02 Å². The number of halogens is 4. The zero-order valence-corrected chi connectivity index (χ0v) is 21.8. The number of carbonyl (C=O) groups excluding carboxylic acids is 2. The number of piperazine rings is 1. The van der Waals surface area contributed by atoms with Crippen molar-refractivity contribution in [3.05, 3.63) is 77.3 Å². The van der Waals surface area contributed by atoms with Gasteiger partial charge in [0, 0.05) is 42.6 Å². The van der Waals surface area contributed by atoms with E-state index in [0.29, 0.717) is 54.9 Å². The molecular formula is C27H27ClF3N5O3. The first-order valence-corrected chi connectivity index (χ1v) is 12.6. The van der Waals surface area contributed by atoms with Crippen molar-refractivity contribution in [2.75, 3.05) is 53.6 Å². The fourth-order valence-electron chi connectivity index (χ4n) is 4.12. The Labute approximate surface area is 228 Å². The number of para-hydroxylation sites is 1. The summed E-state index contributed by atoms with van der Waals surface area (Å²) >= 11 is 6.04. The van der Waals surface area contributed by atoms with Crippen molar-refractivity contribution in [1.82, 2.24) is 4.90 Å². The molecule has 12 heteroatoms. The van der Waals surface area contributed by atoms with Gasteiger partial charge < -0.3 is 30.5 Å². The largest absolute Gasteiger partial charge is 0.492 e. The zero-order valence-electron chi connectivity index (χ0n) is 21.0. The summed E-state index contributed by atoms with van der Waals surface area (Å²) in [7, 11) is 0. The molecule has 3 aromatic rings. The highest BCUT2D eigenvalue weighted by Crippen LogP contribution is 2.35. The summed E-state index contributed by atoms with van der Waals surface area (Å²) in [4.78, 5) is 28.7. The first-order chi connectivity index (χ1) is 18.6. The lowest BCUT2D eigenvalue weighted by molar-refractivity contribution is -0.136. The Balaban J connectivity index is 1.30. The maximum Gasteiger partial charge on any atom is 0.418 e. The van der Waals surface area contributed by atoms with Gasteiger partial charge in [-0.15, -0.1) is 0 Å². The Morgan fingerprint density at radius 3 is 2.26 bits per heavy atom. The van der Waals surface area contributed by atoms with E-state index < -0.39 is 23.8 Å². The molecule has 0 bridgehead atoms. The number of urea groups is 2. The SMILES string of the molecule is CCOc1ccc(Cl)cc1NC(=O)Nc1ccc(N2CCN(C(=O)Nc3ccccc3C(F)(F)F)CC2)cc1. The fraction of sp³-hybridized carbons (Fsp3) is 0.259. The van der Waals surface area contributed by atoms with Crippen molar-refractivity contribution in [3.63, 3.8) is 0 Å². The van der Waals surface area contributed by atoms with E-state index in [1.807, 2.05) is 19.1 Å². The molecule has 1 aliphatic rings. The molecule has 1 aliphatic heterocycles. The summed E-state index contributed by atoms with van der Waals surface area (Å²) < 4.78 is 45.2. The van der Waals surface area contributed by atoms with Crippen LogP contribution in [-0.2, 0) is 6.18 Å². The van der Waals surface area contributed by atoms with Crippen LogP contribution >= 0.6 is 11.6 Å². The first-order valence-electron chi connectivity index (χ1n) is 12.2. The van der Waals surface area contributed by atoms with Gasteiger partial charge in [-0.05, 0) is 61.5 Å². The molecule has 1 saturated heterocycles. The fourth-order valence-corrected chi connectivity index (χ4v) is 4.29.